The van der Waals surface area contributed by atoms with Crippen LogP contribution in [-0.2, 0) is 0 Å². The molecular formula is C21H22ClN5O2. The van der Waals surface area contributed by atoms with E-state index in [1.807, 2.05) is 41.3 Å². The van der Waals surface area contributed by atoms with Crippen LogP contribution >= 0.6 is 11.6 Å². The van der Waals surface area contributed by atoms with Gasteiger partial charge in [-0.25, -0.2) is 0 Å². The zero-order chi connectivity index (χ0) is 20.4. The Balaban J connectivity index is 1.48. The second-order valence-electron chi connectivity index (χ2n) is 6.85. The Hall–Kier alpha value is -3.06. The molecule has 0 aliphatic carbocycles. The molecule has 4 rings (SSSR count). The van der Waals surface area contributed by atoms with E-state index in [-0.39, 0.29) is 5.91 Å². The number of ether oxygens (including phenoxy) is 1. The summed E-state index contributed by atoms with van der Waals surface area (Å²) >= 11 is 6.05. The molecule has 8 heteroatoms. The number of hydrogen-bond donors (Lipinski definition) is 0. The first-order valence-corrected chi connectivity index (χ1v) is 9.82. The van der Waals surface area contributed by atoms with Crippen molar-refractivity contribution >= 4 is 23.2 Å². The maximum Gasteiger partial charge on any atom is 0.276 e. The van der Waals surface area contributed by atoms with Gasteiger partial charge in [0.25, 0.3) is 5.91 Å². The quantitative estimate of drug-likeness (QED) is 0.659. The molecular weight excluding hydrogens is 390 g/mol. The van der Waals surface area contributed by atoms with Crippen LogP contribution in [0.15, 0.2) is 48.5 Å². The number of para-hydroxylation sites is 2. The second kappa shape index (κ2) is 8.13. The number of halogens is 1. The van der Waals surface area contributed by atoms with Gasteiger partial charge in [0.05, 0.1) is 24.2 Å². The lowest BCUT2D eigenvalue weighted by molar-refractivity contribution is 0.0739. The van der Waals surface area contributed by atoms with E-state index in [1.54, 1.807) is 26.2 Å². The predicted molar refractivity (Wildman–Crippen MR) is 112 cm³/mol. The van der Waals surface area contributed by atoms with Gasteiger partial charge in [-0.05, 0) is 37.3 Å². The molecule has 1 aromatic heterocycles. The molecule has 0 bridgehead atoms. The molecule has 2 aromatic carbocycles. The van der Waals surface area contributed by atoms with E-state index in [0.717, 1.165) is 30.2 Å². The Kier molecular flexibility index (Phi) is 5.40. The highest BCUT2D eigenvalue weighted by molar-refractivity contribution is 6.30. The summed E-state index contributed by atoms with van der Waals surface area (Å²) in [5.74, 6) is 0.739. The zero-order valence-corrected chi connectivity index (χ0v) is 17.1. The van der Waals surface area contributed by atoms with Gasteiger partial charge in [-0.15, -0.1) is 5.10 Å². The van der Waals surface area contributed by atoms with Crippen molar-refractivity contribution in [2.45, 2.75) is 6.92 Å². The standard InChI is InChI=1S/C21H22ClN5O2/c1-15-20(24-27(23-15)17-7-5-6-16(22)14-17)21(28)26-12-10-25(11-13-26)18-8-3-4-9-19(18)29-2/h3-9,14H,10-13H2,1-2H3. The minimum atomic E-state index is -0.101. The number of anilines is 1. The van der Waals surface area contributed by atoms with E-state index in [4.69, 9.17) is 16.3 Å². The average molecular weight is 412 g/mol. The highest BCUT2D eigenvalue weighted by Gasteiger charge is 2.27. The van der Waals surface area contributed by atoms with Gasteiger partial charge in [0.2, 0.25) is 0 Å². The fourth-order valence-electron chi connectivity index (χ4n) is 3.48. The van der Waals surface area contributed by atoms with Crippen LogP contribution < -0.4 is 9.64 Å². The number of carbonyl (C=O) groups is 1. The first kappa shape index (κ1) is 19.3. The highest BCUT2D eigenvalue weighted by atomic mass is 35.5. The third kappa shape index (κ3) is 3.91. The lowest BCUT2D eigenvalue weighted by Crippen LogP contribution is -2.49. The third-order valence-corrected chi connectivity index (χ3v) is 5.25. The number of benzene rings is 2. The van der Waals surface area contributed by atoms with E-state index in [2.05, 4.69) is 15.1 Å². The van der Waals surface area contributed by atoms with Crippen LogP contribution in [-0.4, -0.2) is 59.1 Å². The molecule has 0 unspecified atom stereocenters. The molecule has 0 atom stereocenters. The van der Waals surface area contributed by atoms with Crippen LogP contribution in [0.3, 0.4) is 0 Å². The van der Waals surface area contributed by atoms with E-state index in [0.29, 0.717) is 29.5 Å². The van der Waals surface area contributed by atoms with Crippen molar-refractivity contribution < 1.29 is 9.53 Å². The van der Waals surface area contributed by atoms with Gasteiger partial charge in [-0.1, -0.05) is 29.8 Å². The van der Waals surface area contributed by atoms with Crippen molar-refractivity contribution in [3.63, 3.8) is 0 Å². The number of carbonyl (C=O) groups excluding carboxylic acids is 1. The van der Waals surface area contributed by atoms with E-state index < -0.39 is 0 Å². The molecule has 1 amide bonds. The molecule has 0 spiro atoms. The molecule has 1 aliphatic rings. The van der Waals surface area contributed by atoms with Gasteiger partial charge < -0.3 is 14.5 Å². The molecule has 0 N–H and O–H groups in total. The monoisotopic (exact) mass is 411 g/mol. The number of aryl methyl sites for hydroxylation is 1. The Morgan fingerprint density at radius 3 is 2.52 bits per heavy atom. The second-order valence-corrected chi connectivity index (χ2v) is 7.29. The number of piperazine rings is 1. The van der Waals surface area contributed by atoms with Crippen molar-refractivity contribution in [2.24, 2.45) is 0 Å². The van der Waals surface area contributed by atoms with Crippen LogP contribution in [0.2, 0.25) is 5.02 Å². The summed E-state index contributed by atoms with van der Waals surface area (Å²) in [6, 6.07) is 15.2. The molecule has 150 valence electrons. The summed E-state index contributed by atoms with van der Waals surface area (Å²) < 4.78 is 5.46. The zero-order valence-electron chi connectivity index (χ0n) is 16.4. The number of hydrogen-bond acceptors (Lipinski definition) is 5. The topological polar surface area (TPSA) is 63.5 Å². The Morgan fingerprint density at radius 2 is 1.79 bits per heavy atom. The van der Waals surface area contributed by atoms with Crippen LogP contribution in [0.5, 0.6) is 5.75 Å². The summed E-state index contributed by atoms with van der Waals surface area (Å²) in [6.07, 6.45) is 0. The highest BCUT2D eigenvalue weighted by Crippen LogP contribution is 2.28. The molecule has 2 heterocycles. The average Bonchev–Trinajstić information content (AvgIpc) is 3.15. The largest absolute Gasteiger partial charge is 0.495 e. The molecule has 1 saturated heterocycles. The maximum atomic E-state index is 13.0. The van der Waals surface area contributed by atoms with Crippen molar-refractivity contribution in [2.75, 3.05) is 38.2 Å². The summed E-state index contributed by atoms with van der Waals surface area (Å²) in [5.41, 5.74) is 2.74. The predicted octanol–water partition coefficient (Wildman–Crippen LogP) is 3.20. The van der Waals surface area contributed by atoms with Crippen LogP contribution in [0.25, 0.3) is 5.69 Å². The number of amides is 1. The molecule has 29 heavy (non-hydrogen) atoms. The third-order valence-electron chi connectivity index (χ3n) is 5.02. The molecule has 1 fully saturated rings. The van der Waals surface area contributed by atoms with Crippen molar-refractivity contribution in [3.05, 3.63) is 64.9 Å². The van der Waals surface area contributed by atoms with Gasteiger partial charge in [0.15, 0.2) is 5.69 Å². The fraction of sp³-hybridized carbons (Fsp3) is 0.286. The Bertz CT molecular complexity index is 1030. The summed E-state index contributed by atoms with van der Waals surface area (Å²) in [5, 5.41) is 9.41. The van der Waals surface area contributed by atoms with Crippen molar-refractivity contribution in [1.82, 2.24) is 19.9 Å². The summed E-state index contributed by atoms with van der Waals surface area (Å²) in [4.78, 5) is 18.6. The molecule has 7 nitrogen and oxygen atoms in total. The molecule has 3 aromatic rings. The Labute approximate surface area is 174 Å². The lowest BCUT2D eigenvalue weighted by Gasteiger charge is -2.36. The van der Waals surface area contributed by atoms with Crippen molar-refractivity contribution in [1.29, 1.82) is 0 Å². The van der Waals surface area contributed by atoms with E-state index in [1.165, 1.54) is 4.80 Å². The lowest BCUT2D eigenvalue weighted by atomic mass is 10.2. The number of nitrogens with zero attached hydrogens (tertiary/aromatic N) is 5. The summed E-state index contributed by atoms with van der Waals surface area (Å²) in [7, 11) is 1.67. The number of rotatable bonds is 4. The fourth-order valence-corrected chi connectivity index (χ4v) is 3.67. The SMILES string of the molecule is COc1ccccc1N1CCN(C(=O)c2nn(-c3cccc(Cl)c3)nc2C)CC1. The molecule has 1 aliphatic heterocycles. The van der Waals surface area contributed by atoms with Crippen LogP contribution in [0.4, 0.5) is 5.69 Å². The van der Waals surface area contributed by atoms with Gasteiger partial charge in [0, 0.05) is 31.2 Å². The molecule has 0 radical (unpaired) electrons. The van der Waals surface area contributed by atoms with Crippen LogP contribution in [0, 0.1) is 6.92 Å². The minimum absolute atomic E-state index is 0.101. The maximum absolute atomic E-state index is 13.0. The minimum Gasteiger partial charge on any atom is -0.495 e. The number of aromatic nitrogens is 3. The van der Waals surface area contributed by atoms with Gasteiger partial charge in [-0.2, -0.15) is 9.90 Å². The van der Waals surface area contributed by atoms with Gasteiger partial charge >= 0.3 is 0 Å². The normalized spacial score (nSPS) is 14.2. The summed E-state index contributed by atoms with van der Waals surface area (Å²) in [6.45, 7) is 4.48. The van der Waals surface area contributed by atoms with Gasteiger partial charge in [-0.3, -0.25) is 4.79 Å². The van der Waals surface area contributed by atoms with Crippen LogP contribution in [0.1, 0.15) is 16.2 Å². The first-order valence-electron chi connectivity index (χ1n) is 9.44. The van der Waals surface area contributed by atoms with Gasteiger partial charge in [0.1, 0.15) is 5.75 Å². The first-order chi connectivity index (χ1) is 14.1. The number of methoxy groups -OCH3 is 1. The van der Waals surface area contributed by atoms with Crippen molar-refractivity contribution in [3.8, 4) is 11.4 Å². The smallest absolute Gasteiger partial charge is 0.276 e. The van der Waals surface area contributed by atoms with E-state index in [9.17, 15) is 4.79 Å². The molecule has 0 saturated carbocycles. The van der Waals surface area contributed by atoms with E-state index >= 15 is 0 Å². The Morgan fingerprint density at radius 1 is 1.03 bits per heavy atom.